The summed E-state index contributed by atoms with van der Waals surface area (Å²) in [5.74, 6) is -0.392. The third kappa shape index (κ3) is 2.93. The Balaban J connectivity index is 1.82. The number of aliphatic carboxylic acids is 1. The number of amides is 1. The van der Waals surface area contributed by atoms with E-state index in [2.05, 4.69) is 12.2 Å². The molecule has 2 rings (SSSR count). The van der Waals surface area contributed by atoms with Crippen LogP contribution in [0.5, 0.6) is 0 Å². The summed E-state index contributed by atoms with van der Waals surface area (Å²) in [6.07, 6.45) is 8.70. The van der Waals surface area contributed by atoms with Crippen LogP contribution in [-0.2, 0) is 9.59 Å². The van der Waals surface area contributed by atoms with Crippen molar-refractivity contribution in [2.24, 2.45) is 11.3 Å². The van der Waals surface area contributed by atoms with Crippen LogP contribution in [0.25, 0.3) is 0 Å². The fourth-order valence-corrected chi connectivity index (χ4v) is 3.40. The van der Waals surface area contributed by atoms with Gasteiger partial charge in [-0.1, -0.05) is 26.2 Å². The van der Waals surface area contributed by atoms with Crippen molar-refractivity contribution in [2.75, 3.05) is 0 Å². The van der Waals surface area contributed by atoms with Crippen molar-refractivity contribution in [3.05, 3.63) is 0 Å². The lowest BCUT2D eigenvalue weighted by atomic mass is 9.68. The number of rotatable bonds is 5. The summed E-state index contributed by atoms with van der Waals surface area (Å²) < 4.78 is 0. The maximum absolute atomic E-state index is 12.2. The van der Waals surface area contributed by atoms with Gasteiger partial charge in [0.2, 0.25) is 5.91 Å². The zero-order valence-electron chi connectivity index (χ0n) is 11.8. The highest BCUT2D eigenvalue weighted by Gasteiger charge is 2.51. The van der Waals surface area contributed by atoms with E-state index < -0.39 is 11.4 Å². The Kier molecular flexibility index (Phi) is 4.48. The summed E-state index contributed by atoms with van der Waals surface area (Å²) in [4.78, 5) is 23.4. The van der Waals surface area contributed by atoms with E-state index in [1.54, 1.807) is 0 Å². The molecule has 1 amide bonds. The predicted octanol–water partition coefficient (Wildman–Crippen LogP) is 2.72. The van der Waals surface area contributed by atoms with Crippen molar-refractivity contribution in [2.45, 2.75) is 70.8 Å². The molecule has 2 saturated carbocycles. The zero-order valence-corrected chi connectivity index (χ0v) is 11.8. The first-order valence-electron chi connectivity index (χ1n) is 7.63. The SMILES string of the molecule is CCCC1CCC(NC(=O)C2(C(=O)O)CCC2)CC1. The molecule has 4 nitrogen and oxygen atoms in total. The maximum Gasteiger partial charge on any atom is 0.319 e. The molecule has 0 saturated heterocycles. The second kappa shape index (κ2) is 5.93. The van der Waals surface area contributed by atoms with Crippen LogP contribution in [0.3, 0.4) is 0 Å². The molecule has 19 heavy (non-hydrogen) atoms. The largest absolute Gasteiger partial charge is 0.480 e. The number of nitrogens with one attached hydrogen (secondary N) is 1. The first-order valence-corrected chi connectivity index (χ1v) is 7.63. The highest BCUT2D eigenvalue weighted by Crippen LogP contribution is 2.41. The van der Waals surface area contributed by atoms with Crippen LogP contribution < -0.4 is 5.32 Å². The molecule has 0 unspecified atom stereocenters. The quantitative estimate of drug-likeness (QED) is 0.753. The first kappa shape index (κ1) is 14.4. The van der Waals surface area contributed by atoms with Gasteiger partial charge in [-0.2, -0.15) is 0 Å². The molecule has 0 atom stereocenters. The van der Waals surface area contributed by atoms with Gasteiger partial charge in [0.25, 0.3) is 0 Å². The number of carbonyl (C=O) groups is 2. The summed E-state index contributed by atoms with van der Waals surface area (Å²) in [5, 5.41) is 12.2. The molecule has 0 heterocycles. The Morgan fingerprint density at radius 2 is 1.84 bits per heavy atom. The van der Waals surface area contributed by atoms with Crippen molar-refractivity contribution in [3.8, 4) is 0 Å². The van der Waals surface area contributed by atoms with Crippen LogP contribution in [0.4, 0.5) is 0 Å². The lowest BCUT2D eigenvalue weighted by molar-refractivity contribution is -0.162. The van der Waals surface area contributed by atoms with E-state index in [0.29, 0.717) is 12.8 Å². The Morgan fingerprint density at radius 1 is 1.21 bits per heavy atom. The van der Waals surface area contributed by atoms with E-state index in [0.717, 1.165) is 25.2 Å². The topological polar surface area (TPSA) is 66.4 Å². The molecule has 108 valence electrons. The third-order valence-electron chi connectivity index (χ3n) is 4.93. The van der Waals surface area contributed by atoms with Gasteiger partial charge in [-0.15, -0.1) is 0 Å². The molecule has 0 aliphatic heterocycles. The Morgan fingerprint density at radius 3 is 2.26 bits per heavy atom. The van der Waals surface area contributed by atoms with Gasteiger partial charge in [0.15, 0.2) is 0 Å². The highest BCUT2D eigenvalue weighted by molar-refractivity contribution is 6.02. The van der Waals surface area contributed by atoms with E-state index in [1.165, 1.54) is 25.7 Å². The smallest absolute Gasteiger partial charge is 0.319 e. The van der Waals surface area contributed by atoms with E-state index in [9.17, 15) is 14.7 Å². The molecule has 0 spiro atoms. The minimum atomic E-state index is -1.11. The van der Waals surface area contributed by atoms with Crippen molar-refractivity contribution < 1.29 is 14.7 Å². The average molecular weight is 267 g/mol. The van der Waals surface area contributed by atoms with E-state index in [1.807, 2.05) is 0 Å². The molecule has 2 N–H and O–H groups in total. The summed E-state index contributed by atoms with van der Waals surface area (Å²) >= 11 is 0. The third-order valence-corrected chi connectivity index (χ3v) is 4.93. The van der Waals surface area contributed by atoms with Gasteiger partial charge >= 0.3 is 5.97 Å². The van der Waals surface area contributed by atoms with Gasteiger partial charge in [0.1, 0.15) is 5.41 Å². The highest BCUT2D eigenvalue weighted by atomic mass is 16.4. The average Bonchev–Trinajstić information content (AvgIpc) is 2.30. The zero-order chi connectivity index (χ0) is 13.9. The summed E-state index contributed by atoms with van der Waals surface area (Å²) in [7, 11) is 0. The van der Waals surface area contributed by atoms with Gasteiger partial charge in [-0.25, -0.2) is 0 Å². The van der Waals surface area contributed by atoms with Crippen molar-refractivity contribution in [1.29, 1.82) is 0 Å². The molecule has 4 heteroatoms. The van der Waals surface area contributed by atoms with Crippen LogP contribution in [0.1, 0.15) is 64.7 Å². The predicted molar refractivity (Wildman–Crippen MR) is 72.7 cm³/mol. The number of hydrogen-bond acceptors (Lipinski definition) is 2. The van der Waals surface area contributed by atoms with Crippen LogP contribution in [-0.4, -0.2) is 23.0 Å². The van der Waals surface area contributed by atoms with E-state index in [4.69, 9.17) is 0 Å². The Labute approximate surface area is 115 Å². The maximum atomic E-state index is 12.2. The Hall–Kier alpha value is -1.06. The van der Waals surface area contributed by atoms with Crippen LogP contribution in [0.2, 0.25) is 0 Å². The molecule has 2 aliphatic carbocycles. The monoisotopic (exact) mass is 267 g/mol. The summed E-state index contributed by atoms with van der Waals surface area (Å²) in [6, 6.07) is 0.192. The van der Waals surface area contributed by atoms with Gasteiger partial charge in [0, 0.05) is 6.04 Å². The Bertz CT molecular complexity index is 341. The van der Waals surface area contributed by atoms with Gasteiger partial charge in [-0.05, 0) is 44.4 Å². The number of carbonyl (C=O) groups excluding carboxylic acids is 1. The van der Waals surface area contributed by atoms with Crippen LogP contribution in [0, 0.1) is 11.3 Å². The van der Waals surface area contributed by atoms with E-state index >= 15 is 0 Å². The van der Waals surface area contributed by atoms with Gasteiger partial charge in [-0.3, -0.25) is 9.59 Å². The molecule has 0 aromatic carbocycles. The number of carboxylic acid groups (broad SMARTS) is 1. The first-order chi connectivity index (χ1) is 9.08. The standard InChI is InChI=1S/C15H25NO3/c1-2-4-11-5-7-12(8-6-11)16-13(17)15(14(18)19)9-3-10-15/h11-12H,2-10H2,1H3,(H,16,17)(H,18,19). The minimum absolute atomic E-state index is 0.192. The minimum Gasteiger partial charge on any atom is -0.480 e. The fraction of sp³-hybridized carbons (Fsp3) is 0.867. The summed E-state index contributed by atoms with van der Waals surface area (Å²) in [6.45, 7) is 2.21. The molecule has 2 aliphatic rings. The van der Waals surface area contributed by atoms with Crippen LogP contribution >= 0.6 is 0 Å². The van der Waals surface area contributed by atoms with E-state index in [-0.39, 0.29) is 11.9 Å². The van der Waals surface area contributed by atoms with Crippen molar-refractivity contribution >= 4 is 11.9 Å². The lowest BCUT2D eigenvalue weighted by Crippen LogP contribution is -2.53. The second-order valence-corrected chi connectivity index (χ2v) is 6.22. The molecule has 2 fully saturated rings. The van der Waals surface area contributed by atoms with Crippen molar-refractivity contribution in [3.63, 3.8) is 0 Å². The second-order valence-electron chi connectivity index (χ2n) is 6.22. The summed E-state index contributed by atoms with van der Waals surface area (Å²) in [5.41, 5.74) is -1.11. The molecular formula is C15H25NO3. The lowest BCUT2D eigenvalue weighted by Gasteiger charge is -2.38. The van der Waals surface area contributed by atoms with Gasteiger partial charge in [0.05, 0.1) is 0 Å². The molecule has 0 radical (unpaired) electrons. The molecule has 0 bridgehead atoms. The fourth-order valence-electron chi connectivity index (χ4n) is 3.40. The molecular weight excluding hydrogens is 242 g/mol. The van der Waals surface area contributed by atoms with Gasteiger partial charge < -0.3 is 10.4 Å². The molecule has 0 aromatic rings. The normalized spacial score (nSPS) is 29.3. The number of carboxylic acids is 1. The van der Waals surface area contributed by atoms with Crippen molar-refractivity contribution in [1.82, 2.24) is 5.32 Å². The van der Waals surface area contributed by atoms with Crippen LogP contribution in [0.15, 0.2) is 0 Å². The number of hydrogen-bond donors (Lipinski definition) is 2. The molecule has 0 aromatic heterocycles.